The Hall–Kier alpha value is -0.480. The first kappa shape index (κ1) is 37.7. The third kappa shape index (κ3) is 17.1. The van der Waals surface area contributed by atoms with Crippen molar-refractivity contribution in [3.05, 3.63) is 29.6 Å². The van der Waals surface area contributed by atoms with E-state index < -0.39 is 6.04 Å². The van der Waals surface area contributed by atoms with E-state index in [1.165, 1.54) is 98.4 Å². The van der Waals surface area contributed by atoms with Crippen molar-refractivity contribution in [2.45, 2.75) is 136 Å². The molecule has 2 rings (SSSR count). The molecular weight excluding hydrogens is 601 g/mol. The number of thioether (sulfide) groups is 4. The van der Waals surface area contributed by atoms with E-state index in [1.807, 2.05) is 13.8 Å². The summed E-state index contributed by atoms with van der Waals surface area (Å²) in [6.07, 6.45) is 22.2. The number of rotatable bonds is 25. The fourth-order valence-electron chi connectivity index (χ4n) is 4.90. The number of nitrogens with one attached hydrogen (secondary N) is 2. The van der Waals surface area contributed by atoms with Crippen LogP contribution in [0.15, 0.2) is 29.6 Å². The summed E-state index contributed by atoms with van der Waals surface area (Å²) >= 11 is 6.92. The number of amides is 2. The topological polar surface area (TPSA) is 67.4 Å². The second kappa shape index (κ2) is 24.8. The van der Waals surface area contributed by atoms with E-state index in [1.54, 1.807) is 47.0 Å². The van der Waals surface area contributed by atoms with Crippen LogP contribution in [0.5, 0.6) is 0 Å². The van der Waals surface area contributed by atoms with Crippen LogP contribution >= 0.6 is 47.0 Å². The van der Waals surface area contributed by atoms with E-state index in [2.05, 4.69) is 33.8 Å². The van der Waals surface area contributed by atoms with Gasteiger partial charge in [0.2, 0.25) is 11.8 Å². The van der Waals surface area contributed by atoms with E-state index >= 15 is 0 Å². The highest BCUT2D eigenvalue weighted by Gasteiger charge is 2.26. The molecule has 0 radical (unpaired) electrons. The third-order valence-electron chi connectivity index (χ3n) is 7.71. The molecule has 0 aliphatic carbocycles. The second-order valence-electron chi connectivity index (χ2n) is 11.4. The number of hydrogen-bond donors (Lipinski definition) is 2. The molecule has 0 spiro atoms. The molecule has 2 amide bonds. The highest BCUT2D eigenvalue weighted by atomic mass is 32.2. The van der Waals surface area contributed by atoms with Crippen molar-refractivity contribution >= 4 is 58.9 Å². The molecular formula is C33H56N2O3S4. The maximum Gasteiger partial charge on any atom is 0.246 e. The van der Waals surface area contributed by atoms with Gasteiger partial charge in [-0.15, -0.1) is 0 Å². The average Bonchev–Trinajstić information content (AvgIpc) is 3.70. The first-order valence-electron chi connectivity index (χ1n) is 16.5. The molecule has 0 aromatic carbocycles. The molecule has 0 aromatic heterocycles. The molecule has 5 nitrogen and oxygen atoms in total. The van der Waals surface area contributed by atoms with Crippen LogP contribution in [0.1, 0.15) is 130 Å². The van der Waals surface area contributed by atoms with E-state index in [-0.39, 0.29) is 24.3 Å². The Morgan fingerprint density at radius 1 is 0.762 bits per heavy atom. The maximum absolute atomic E-state index is 12.9. The summed E-state index contributed by atoms with van der Waals surface area (Å²) in [6, 6.07) is -0.525. The molecule has 2 unspecified atom stereocenters. The molecule has 2 aliphatic heterocycles. The zero-order chi connectivity index (χ0) is 30.3. The molecule has 2 N–H and O–H groups in total. The van der Waals surface area contributed by atoms with Gasteiger partial charge in [0.05, 0.1) is 15.1 Å². The van der Waals surface area contributed by atoms with Crippen molar-refractivity contribution < 1.29 is 14.3 Å². The standard InChI is InChI=1S/C33H56N2O3S4/c1-4-6-7-8-9-10-11-12-13-14-15-16-17-18-19-20-21-34-31(37)30(27(3)5-2)35-29(36)25-38-24-28-26-41-33(42-28)32-39-22-23-40-32/h22-23,26-27,30H,4-21,24-25H2,1-3H3,(H,34,37)(H,35,36). The molecule has 0 saturated heterocycles. The lowest BCUT2D eigenvalue weighted by Gasteiger charge is -2.23. The summed E-state index contributed by atoms with van der Waals surface area (Å²) in [5.74, 6) is -0.257. The minimum absolute atomic E-state index is 0.0428. The molecule has 0 saturated carbocycles. The van der Waals surface area contributed by atoms with Crippen molar-refractivity contribution in [1.29, 1.82) is 0 Å². The lowest BCUT2D eigenvalue weighted by Crippen LogP contribution is -2.51. The number of hydrogen-bond acceptors (Lipinski definition) is 7. The Labute approximate surface area is 273 Å². The largest absolute Gasteiger partial charge is 0.366 e. The summed E-state index contributed by atoms with van der Waals surface area (Å²) in [5.41, 5.74) is 0. The zero-order valence-corrected chi connectivity index (χ0v) is 29.7. The van der Waals surface area contributed by atoms with E-state index in [0.29, 0.717) is 13.2 Å². The quantitative estimate of drug-likeness (QED) is 0.0948. The minimum Gasteiger partial charge on any atom is -0.366 e. The molecule has 0 aromatic rings. The summed E-state index contributed by atoms with van der Waals surface area (Å²) < 4.78 is 8.26. The van der Waals surface area contributed by atoms with Crippen LogP contribution in [0.2, 0.25) is 0 Å². The molecule has 42 heavy (non-hydrogen) atoms. The minimum atomic E-state index is -0.525. The Kier molecular flexibility index (Phi) is 22.3. The van der Waals surface area contributed by atoms with Crippen molar-refractivity contribution in [2.75, 3.05) is 19.8 Å². The number of ether oxygens (including phenoxy) is 1. The molecule has 2 aliphatic rings. The average molecular weight is 657 g/mol. The van der Waals surface area contributed by atoms with Crippen molar-refractivity contribution in [3.63, 3.8) is 0 Å². The van der Waals surface area contributed by atoms with E-state index in [4.69, 9.17) is 4.74 Å². The predicted molar refractivity (Wildman–Crippen MR) is 189 cm³/mol. The van der Waals surface area contributed by atoms with Gasteiger partial charge in [0.15, 0.2) is 0 Å². The fraction of sp³-hybridized carbons (Fsp3) is 0.758. The number of carbonyl (C=O) groups excluding carboxylic acids is 2. The molecule has 0 fully saturated rings. The Morgan fingerprint density at radius 2 is 1.31 bits per heavy atom. The van der Waals surface area contributed by atoms with Crippen LogP contribution in [0.3, 0.4) is 0 Å². The van der Waals surface area contributed by atoms with Gasteiger partial charge in [0, 0.05) is 11.4 Å². The summed E-state index contributed by atoms with van der Waals surface area (Å²) in [7, 11) is 0. The van der Waals surface area contributed by atoms with Crippen LogP contribution in [-0.2, 0) is 14.3 Å². The van der Waals surface area contributed by atoms with Gasteiger partial charge in [0.25, 0.3) is 0 Å². The van der Waals surface area contributed by atoms with Gasteiger partial charge in [0.1, 0.15) is 12.6 Å². The fourth-order valence-corrected chi connectivity index (χ4v) is 9.32. The first-order chi connectivity index (χ1) is 20.5. The van der Waals surface area contributed by atoms with Crippen LogP contribution in [0.4, 0.5) is 0 Å². The molecule has 2 heterocycles. The predicted octanol–water partition coefficient (Wildman–Crippen LogP) is 10.3. The lowest BCUT2D eigenvalue weighted by atomic mass is 9.98. The zero-order valence-electron chi connectivity index (χ0n) is 26.4. The maximum atomic E-state index is 12.9. The second-order valence-corrected chi connectivity index (χ2v) is 15.8. The van der Waals surface area contributed by atoms with Gasteiger partial charge >= 0.3 is 0 Å². The molecule has 9 heteroatoms. The summed E-state index contributed by atoms with van der Waals surface area (Å²) in [4.78, 5) is 26.6. The summed E-state index contributed by atoms with van der Waals surface area (Å²) in [5, 5.41) is 12.3. The van der Waals surface area contributed by atoms with Gasteiger partial charge in [-0.2, -0.15) is 0 Å². The van der Waals surface area contributed by atoms with E-state index in [9.17, 15) is 9.59 Å². The Bertz CT molecular complexity index is 852. The van der Waals surface area contributed by atoms with Crippen LogP contribution < -0.4 is 10.6 Å². The monoisotopic (exact) mass is 656 g/mol. The molecule has 0 bridgehead atoms. The van der Waals surface area contributed by atoms with Crippen molar-refractivity contribution in [2.24, 2.45) is 5.92 Å². The van der Waals surface area contributed by atoms with Crippen molar-refractivity contribution in [3.8, 4) is 0 Å². The first-order valence-corrected chi connectivity index (χ1v) is 19.9. The lowest BCUT2D eigenvalue weighted by molar-refractivity contribution is -0.132. The van der Waals surface area contributed by atoms with Gasteiger partial charge in [-0.05, 0) is 28.6 Å². The Balaban J connectivity index is 1.47. The highest BCUT2D eigenvalue weighted by molar-refractivity contribution is 8.33. The van der Waals surface area contributed by atoms with Crippen LogP contribution in [-0.4, -0.2) is 37.6 Å². The number of carbonyl (C=O) groups is 2. The van der Waals surface area contributed by atoms with Gasteiger partial charge in [-0.3, -0.25) is 9.59 Å². The highest BCUT2D eigenvalue weighted by Crippen LogP contribution is 2.53. The van der Waals surface area contributed by atoms with Crippen molar-refractivity contribution in [1.82, 2.24) is 10.6 Å². The normalized spacial score (nSPS) is 16.1. The molecule has 2 atom stereocenters. The summed E-state index contributed by atoms with van der Waals surface area (Å²) in [6.45, 7) is 7.38. The third-order valence-corrected chi connectivity index (χ3v) is 12.8. The number of unbranched alkanes of at least 4 members (excludes halogenated alkanes) is 15. The van der Waals surface area contributed by atoms with Crippen LogP contribution in [0.25, 0.3) is 0 Å². The Morgan fingerprint density at radius 3 is 1.86 bits per heavy atom. The van der Waals surface area contributed by atoms with Crippen LogP contribution in [0, 0.1) is 5.92 Å². The smallest absolute Gasteiger partial charge is 0.246 e. The van der Waals surface area contributed by atoms with Gasteiger partial charge in [-0.25, -0.2) is 0 Å². The molecule has 240 valence electrons. The SMILES string of the molecule is CCCCCCCCCCCCCCCCCCNC(=O)C(NC(=O)COCC1=CSC(=C2SC=CS2)S1)C(C)CC. The van der Waals surface area contributed by atoms with Gasteiger partial charge < -0.3 is 15.4 Å². The van der Waals surface area contributed by atoms with E-state index in [0.717, 1.165) is 24.2 Å². The van der Waals surface area contributed by atoms with Gasteiger partial charge in [-0.1, -0.05) is 171 Å².